The van der Waals surface area contributed by atoms with E-state index in [-0.39, 0.29) is 17.7 Å². The van der Waals surface area contributed by atoms with E-state index in [9.17, 15) is 22.8 Å². The molecule has 8 heteroatoms. The molecule has 0 radical (unpaired) electrons. The van der Waals surface area contributed by atoms with Gasteiger partial charge in [-0.15, -0.1) is 0 Å². The molecule has 1 aromatic rings. The largest absolute Gasteiger partial charge is 0.480 e. The van der Waals surface area contributed by atoms with Crippen LogP contribution in [0.25, 0.3) is 0 Å². The zero-order chi connectivity index (χ0) is 14.9. The molecule has 1 aliphatic heterocycles. The standard InChI is InChI=1S/C12H11NO6S/c14-10(15)7-20(18,19)6-5-13-11(16)8-3-1-2-4-9(8)12(13)17/h1-4H,5-7H2,(H,14,15). The average Bonchev–Trinajstić information content (AvgIpc) is 2.59. The molecule has 1 heterocycles. The molecule has 1 aromatic carbocycles. The molecule has 0 aliphatic carbocycles. The number of carboxylic acids is 1. The first-order chi connectivity index (χ1) is 9.32. The Morgan fingerprint density at radius 2 is 1.60 bits per heavy atom. The van der Waals surface area contributed by atoms with Crippen molar-refractivity contribution >= 4 is 27.6 Å². The van der Waals surface area contributed by atoms with Crippen LogP contribution in [0.5, 0.6) is 0 Å². The smallest absolute Gasteiger partial charge is 0.318 e. The number of benzene rings is 1. The number of hydrogen-bond donors (Lipinski definition) is 1. The lowest BCUT2D eigenvalue weighted by Gasteiger charge is -2.13. The number of carboxylic acid groups (broad SMARTS) is 1. The monoisotopic (exact) mass is 297 g/mol. The van der Waals surface area contributed by atoms with Crippen LogP contribution in [-0.2, 0) is 14.6 Å². The molecule has 20 heavy (non-hydrogen) atoms. The Kier molecular flexibility index (Phi) is 3.58. The van der Waals surface area contributed by atoms with Gasteiger partial charge in [0.25, 0.3) is 11.8 Å². The van der Waals surface area contributed by atoms with Gasteiger partial charge in [-0.3, -0.25) is 19.3 Å². The summed E-state index contributed by atoms with van der Waals surface area (Å²) in [5, 5.41) is 8.46. The molecule has 0 saturated carbocycles. The molecule has 0 aromatic heterocycles. The summed E-state index contributed by atoms with van der Waals surface area (Å²) in [4.78, 5) is 35.1. The summed E-state index contributed by atoms with van der Waals surface area (Å²) in [7, 11) is -3.85. The van der Waals surface area contributed by atoms with Crippen molar-refractivity contribution < 1.29 is 27.9 Å². The minimum Gasteiger partial charge on any atom is -0.480 e. The van der Waals surface area contributed by atoms with Gasteiger partial charge in [0.2, 0.25) is 0 Å². The molecule has 0 bridgehead atoms. The molecule has 2 amide bonds. The summed E-state index contributed by atoms with van der Waals surface area (Å²) in [5.41, 5.74) is 0.460. The van der Waals surface area contributed by atoms with Gasteiger partial charge >= 0.3 is 5.97 Å². The van der Waals surface area contributed by atoms with Crippen LogP contribution in [0.2, 0.25) is 0 Å². The summed E-state index contributed by atoms with van der Waals surface area (Å²) in [6.07, 6.45) is 0. The molecule has 0 saturated heterocycles. The number of imide groups is 1. The molecule has 2 rings (SSSR count). The van der Waals surface area contributed by atoms with Crippen LogP contribution >= 0.6 is 0 Å². The highest BCUT2D eigenvalue weighted by atomic mass is 32.2. The van der Waals surface area contributed by atoms with Gasteiger partial charge in [0, 0.05) is 6.54 Å². The van der Waals surface area contributed by atoms with Crippen LogP contribution < -0.4 is 0 Å². The lowest BCUT2D eigenvalue weighted by molar-refractivity contribution is -0.134. The molecular formula is C12H11NO6S. The predicted octanol–water partition coefficient (Wildman–Crippen LogP) is -0.218. The third kappa shape index (κ3) is 2.69. The van der Waals surface area contributed by atoms with Crippen LogP contribution in [0.4, 0.5) is 0 Å². The van der Waals surface area contributed by atoms with E-state index in [1.54, 1.807) is 12.1 Å². The first kappa shape index (κ1) is 14.2. The van der Waals surface area contributed by atoms with Gasteiger partial charge in [0.05, 0.1) is 16.9 Å². The highest BCUT2D eigenvalue weighted by Crippen LogP contribution is 2.22. The van der Waals surface area contributed by atoms with Crippen LogP contribution in [0.15, 0.2) is 24.3 Å². The number of carbonyl (C=O) groups excluding carboxylic acids is 2. The van der Waals surface area contributed by atoms with Gasteiger partial charge in [-0.25, -0.2) is 8.42 Å². The fourth-order valence-electron chi connectivity index (χ4n) is 1.93. The third-order valence-corrected chi connectivity index (χ3v) is 4.34. The van der Waals surface area contributed by atoms with E-state index in [0.29, 0.717) is 0 Å². The number of nitrogens with zero attached hydrogens (tertiary/aromatic N) is 1. The van der Waals surface area contributed by atoms with Crippen molar-refractivity contribution in [3.63, 3.8) is 0 Å². The highest BCUT2D eigenvalue weighted by Gasteiger charge is 2.35. The van der Waals surface area contributed by atoms with E-state index in [1.165, 1.54) is 12.1 Å². The molecule has 106 valence electrons. The third-order valence-electron chi connectivity index (χ3n) is 2.85. The number of aliphatic carboxylic acids is 1. The minimum atomic E-state index is -3.85. The molecule has 0 spiro atoms. The first-order valence-electron chi connectivity index (χ1n) is 5.69. The van der Waals surface area contributed by atoms with E-state index in [2.05, 4.69) is 0 Å². The van der Waals surface area contributed by atoms with Crippen molar-refractivity contribution in [2.75, 3.05) is 18.1 Å². The van der Waals surface area contributed by atoms with Crippen LogP contribution in [0, 0.1) is 0 Å². The zero-order valence-electron chi connectivity index (χ0n) is 10.3. The van der Waals surface area contributed by atoms with Crippen molar-refractivity contribution in [1.82, 2.24) is 4.90 Å². The van der Waals surface area contributed by atoms with Crippen molar-refractivity contribution in [3.8, 4) is 0 Å². The SMILES string of the molecule is O=C(O)CS(=O)(=O)CCN1C(=O)c2ccccc2C1=O. The fraction of sp³-hybridized carbons (Fsp3) is 0.250. The predicted molar refractivity (Wildman–Crippen MR) is 68.1 cm³/mol. The Morgan fingerprint density at radius 1 is 1.10 bits per heavy atom. The number of carbonyl (C=O) groups is 3. The number of fused-ring (bicyclic) bond motifs is 1. The molecule has 0 fully saturated rings. The summed E-state index contributed by atoms with van der Waals surface area (Å²) in [6, 6.07) is 6.19. The number of amides is 2. The number of rotatable bonds is 5. The Balaban J connectivity index is 2.12. The second-order valence-electron chi connectivity index (χ2n) is 4.29. The molecule has 7 nitrogen and oxygen atoms in total. The molecule has 1 aliphatic rings. The lowest BCUT2D eigenvalue weighted by Crippen LogP contribution is -2.35. The van der Waals surface area contributed by atoms with Gasteiger partial charge in [-0.2, -0.15) is 0 Å². The van der Waals surface area contributed by atoms with E-state index in [1.807, 2.05) is 0 Å². The van der Waals surface area contributed by atoms with Crippen LogP contribution in [0.1, 0.15) is 20.7 Å². The number of sulfone groups is 1. The zero-order valence-corrected chi connectivity index (χ0v) is 11.1. The summed E-state index contributed by atoms with van der Waals surface area (Å²) in [6.45, 7) is -0.345. The number of hydrogen-bond acceptors (Lipinski definition) is 5. The minimum absolute atomic E-state index is 0.230. The van der Waals surface area contributed by atoms with Gasteiger partial charge in [0.1, 0.15) is 5.75 Å². The second kappa shape index (κ2) is 5.04. The van der Waals surface area contributed by atoms with Gasteiger partial charge < -0.3 is 5.11 Å². The quantitative estimate of drug-likeness (QED) is 0.753. The fourth-order valence-corrected chi connectivity index (χ4v) is 2.91. The van der Waals surface area contributed by atoms with Crippen molar-refractivity contribution in [1.29, 1.82) is 0 Å². The summed E-state index contributed by atoms with van der Waals surface area (Å²) in [5.74, 6) is -4.17. The maximum absolute atomic E-state index is 11.9. The maximum atomic E-state index is 11.9. The average molecular weight is 297 g/mol. The highest BCUT2D eigenvalue weighted by molar-refractivity contribution is 7.92. The normalized spacial score (nSPS) is 14.5. The Hall–Kier alpha value is -2.22. The topological polar surface area (TPSA) is 109 Å². The van der Waals surface area contributed by atoms with E-state index >= 15 is 0 Å². The van der Waals surface area contributed by atoms with Crippen molar-refractivity contribution in [2.45, 2.75) is 0 Å². The Bertz CT molecular complexity index is 659. The molecular weight excluding hydrogens is 286 g/mol. The van der Waals surface area contributed by atoms with Gasteiger partial charge in [-0.05, 0) is 12.1 Å². The van der Waals surface area contributed by atoms with E-state index in [0.717, 1.165) is 4.90 Å². The van der Waals surface area contributed by atoms with Crippen molar-refractivity contribution in [2.24, 2.45) is 0 Å². The van der Waals surface area contributed by atoms with Crippen LogP contribution in [0.3, 0.4) is 0 Å². The van der Waals surface area contributed by atoms with E-state index in [4.69, 9.17) is 5.11 Å². The molecule has 0 atom stereocenters. The molecule has 0 unspecified atom stereocenters. The van der Waals surface area contributed by atoms with Gasteiger partial charge in [-0.1, -0.05) is 12.1 Å². The van der Waals surface area contributed by atoms with Crippen LogP contribution in [-0.4, -0.2) is 54.3 Å². The second-order valence-corrected chi connectivity index (χ2v) is 6.48. The Labute approximate surface area is 114 Å². The Morgan fingerprint density at radius 3 is 2.05 bits per heavy atom. The van der Waals surface area contributed by atoms with Gasteiger partial charge in [0.15, 0.2) is 9.84 Å². The maximum Gasteiger partial charge on any atom is 0.318 e. The van der Waals surface area contributed by atoms with Crippen molar-refractivity contribution in [3.05, 3.63) is 35.4 Å². The van der Waals surface area contributed by atoms with E-state index < -0.39 is 39.1 Å². The summed E-state index contributed by atoms with van der Waals surface area (Å²) < 4.78 is 22.9. The molecule has 1 N–H and O–H groups in total. The first-order valence-corrected chi connectivity index (χ1v) is 7.51. The lowest BCUT2D eigenvalue weighted by atomic mass is 10.1. The summed E-state index contributed by atoms with van der Waals surface area (Å²) >= 11 is 0.